The maximum Gasteiger partial charge on any atom is 0.253 e. The van der Waals surface area contributed by atoms with Gasteiger partial charge < -0.3 is 9.73 Å². The monoisotopic (exact) mass is 312 g/mol. The van der Waals surface area contributed by atoms with Crippen LogP contribution in [-0.2, 0) is 6.42 Å². The molecule has 106 valence electrons. The molecule has 2 aromatic rings. The van der Waals surface area contributed by atoms with Crippen molar-refractivity contribution in [2.45, 2.75) is 25.8 Å². The summed E-state index contributed by atoms with van der Waals surface area (Å²) in [5.41, 5.74) is 0.330. The summed E-state index contributed by atoms with van der Waals surface area (Å²) >= 11 is 11.7. The molecule has 1 amide bonds. The molecular weight excluding hydrogens is 299 g/mol. The zero-order valence-electron chi connectivity index (χ0n) is 10.9. The Morgan fingerprint density at radius 1 is 1.50 bits per heavy atom. The number of halogens is 2. The summed E-state index contributed by atoms with van der Waals surface area (Å²) in [6.45, 7) is 1.93. The molecule has 0 spiro atoms. The van der Waals surface area contributed by atoms with E-state index in [1.54, 1.807) is 6.26 Å². The van der Waals surface area contributed by atoms with Gasteiger partial charge in [0, 0.05) is 18.7 Å². The van der Waals surface area contributed by atoms with Crippen molar-refractivity contribution in [1.82, 2.24) is 10.3 Å². The third-order valence-electron chi connectivity index (χ3n) is 2.85. The zero-order valence-corrected chi connectivity index (χ0v) is 12.4. The molecule has 2 aromatic heterocycles. The van der Waals surface area contributed by atoms with E-state index in [9.17, 15) is 4.79 Å². The smallest absolute Gasteiger partial charge is 0.253 e. The summed E-state index contributed by atoms with van der Waals surface area (Å²) in [5.74, 6) is 0.641. The fourth-order valence-electron chi connectivity index (χ4n) is 1.77. The average molecular weight is 313 g/mol. The van der Waals surface area contributed by atoms with Gasteiger partial charge in [-0.1, -0.05) is 23.2 Å². The van der Waals surface area contributed by atoms with Crippen molar-refractivity contribution in [1.29, 1.82) is 0 Å². The van der Waals surface area contributed by atoms with Crippen molar-refractivity contribution >= 4 is 29.1 Å². The molecule has 6 heteroatoms. The van der Waals surface area contributed by atoms with Crippen molar-refractivity contribution in [3.63, 3.8) is 0 Å². The van der Waals surface area contributed by atoms with E-state index in [1.807, 2.05) is 19.1 Å². The van der Waals surface area contributed by atoms with E-state index in [4.69, 9.17) is 27.6 Å². The predicted molar refractivity (Wildman–Crippen MR) is 78.2 cm³/mol. The van der Waals surface area contributed by atoms with Gasteiger partial charge in [0.2, 0.25) is 0 Å². The van der Waals surface area contributed by atoms with Crippen LogP contribution in [0.3, 0.4) is 0 Å². The first kappa shape index (κ1) is 14.9. The van der Waals surface area contributed by atoms with Crippen LogP contribution < -0.4 is 5.32 Å². The van der Waals surface area contributed by atoms with Crippen molar-refractivity contribution in [3.8, 4) is 0 Å². The summed E-state index contributed by atoms with van der Waals surface area (Å²) in [7, 11) is 0. The highest BCUT2D eigenvalue weighted by molar-refractivity contribution is 6.35. The van der Waals surface area contributed by atoms with E-state index in [0.717, 1.165) is 18.6 Å². The van der Waals surface area contributed by atoms with E-state index in [-0.39, 0.29) is 22.1 Å². The molecule has 0 saturated carbocycles. The number of nitrogens with one attached hydrogen (secondary N) is 1. The van der Waals surface area contributed by atoms with Gasteiger partial charge in [0.15, 0.2) is 0 Å². The van der Waals surface area contributed by atoms with Gasteiger partial charge in [-0.15, -0.1) is 0 Å². The molecule has 2 heterocycles. The van der Waals surface area contributed by atoms with E-state index in [1.165, 1.54) is 12.3 Å². The van der Waals surface area contributed by atoms with Crippen molar-refractivity contribution in [2.75, 3.05) is 0 Å². The molecule has 2 rings (SSSR count). The van der Waals surface area contributed by atoms with Gasteiger partial charge in [-0.25, -0.2) is 4.98 Å². The normalized spacial score (nSPS) is 12.2. The van der Waals surface area contributed by atoms with E-state index in [2.05, 4.69) is 10.3 Å². The predicted octanol–water partition coefficient (Wildman–Crippen LogP) is 3.73. The molecule has 0 aromatic carbocycles. The second-order valence-corrected chi connectivity index (χ2v) is 5.27. The molecular formula is C14H14Cl2N2O2. The Morgan fingerprint density at radius 2 is 2.30 bits per heavy atom. The molecule has 4 nitrogen and oxygen atoms in total. The van der Waals surface area contributed by atoms with Crippen LogP contribution in [0.4, 0.5) is 0 Å². The number of nitrogens with zero attached hydrogens (tertiary/aromatic N) is 1. The van der Waals surface area contributed by atoms with Crippen molar-refractivity contribution in [2.24, 2.45) is 0 Å². The first-order valence-electron chi connectivity index (χ1n) is 6.20. The molecule has 1 atom stereocenters. The number of aryl methyl sites for hydroxylation is 1. The standard InChI is InChI=1S/C14H14Cl2N2O2/c1-9(4-5-10-3-2-6-20-10)18-14(19)11-7-13(16)17-8-12(11)15/h2-3,6-9H,4-5H2,1H3,(H,18,19). The number of rotatable bonds is 5. The lowest BCUT2D eigenvalue weighted by Crippen LogP contribution is -2.33. The van der Waals surface area contributed by atoms with Gasteiger partial charge in [-0.3, -0.25) is 4.79 Å². The first-order valence-corrected chi connectivity index (χ1v) is 6.96. The SMILES string of the molecule is CC(CCc1ccco1)NC(=O)c1cc(Cl)ncc1Cl. The summed E-state index contributed by atoms with van der Waals surface area (Å²) in [6, 6.07) is 5.21. The molecule has 0 fully saturated rings. The minimum Gasteiger partial charge on any atom is -0.469 e. The Kier molecular flexibility index (Phi) is 5.04. The largest absolute Gasteiger partial charge is 0.469 e. The molecule has 0 saturated heterocycles. The Hall–Kier alpha value is -1.52. The van der Waals surface area contributed by atoms with E-state index < -0.39 is 0 Å². The number of pyridine rings is 1. The van der Waals surface area contributed by atoms with Gasteiger partial charge in [0.05, 0.1) is 16.8 Å². The lowest BCUT2D eigenvalue weighted by atomic mass is 10.1. The van der Waals surface area contributed by atoms with Crippen LogP contribution in [0.2, 0.25) is 10.2 Å². The van der Waals surface area contributed by atoms with Crippen molar-refractivity contribution in [3.05, 3.63) is 52.2 Å². The summed E-state index contributed by atoms with van der Waals surface area (Å²) in [6.07, 6.45) is 4.54. The maximum atomic E-state index is 12.1. The van der Waals surface area contributed by atoms with Crippen LogP contribution in [0, 0.1) is 0 Å². The molecule has 0 bridgehead atoms. The number of carbonyl (C=O) groups excluding carboxylic acids is 1. The van der Waals surface area contributed by atoms with Gasteiger partial charge in [-0.05, 0) is 31.5 Å². The minimum atomic E-state index is -0.258. The Balaban J connectivity index is 1.91. The molecule has 0 aliphatic rings. The fourth-order valence-corrected chi connectivity index (χ4v) is 2.12. The van der Waals surface area contributed by atoms with Crippen molar-refractivity contribution < 1.29 is 9.21 Å². The van der Waals surface area contributed by atoms with Crippen LogP contribution in [0.5, 0.6) is 0 Å². The average Bonchev–Trinajstić information content (AvgIpc) is 2.92. The van der Waals surface area contributed by atoms with Gasteiger partial charge in [0.1, 0.15) is 10.9 Å². The number of hydrogen-bond acceptors (Lipinski definition) is 3. The first-order chi connectivity index (χ1) is 9.56. The molecule has 1 N–H and O–H groups in total. The van der Waals surface area contributed by atoms with Crippen LogP contribution >= 0.6 is 23.2 Å². The van der Waals surface area contributed by atoms with E-state index >= 15 is 0 Å². The number of furan rings is 1. The number of amides is 1. The highest BCUT2D eigenvalue weighted by Gasteiger charge is 2.14. The minimum absolute atomic E-state index is 0.00407. The molecule has 20 heavy (non-hydrogen) atoms. The summed E-state index contributed by atoms with van der Waals surface area (Å²) in [5, 5.41) is 3.40. The second-order valence-electron chi connectivity index (χ2n) is 4.48. The molecule has 1 unspecified atom stereocenters. The zero-order chi connectivity index (χ0) is 14.5. The van der Waals surface area contributed by atoms with Crippen LogP contribution in [-0.4, -0.2) is 16.9 Å². The maximum absolute atomic E-state index is 12.1. The quantitative estimate of drug-likeness (QED) is 0.856. The Morgan fingerprint density at radius 3 is 3.00 bits per heavy atom. The van der Waals surface area contributed by atoms with Gasteiger partial charge in [-0.2, -0.15) is 0 Å². The molecule has 0 aliphatic carbocycles. The topological polar surface area (TPSA) is 55.1 Å². The number of hydrogen-bond donors (Lipinski definition) is 1. The molecule has 0 aliphatic heterocycles. The Bertz CT molecular complexity index is 585. The highest BCUT2D eigenvalue weighted by atomic mass is 35.5. The van der Waals surface area contributed by atoms with Gasteiger partial charge in [0.25, 0.3) is 5.91 Å². The lowest BCUT2D eigenvalue weighted by Gasteiger charge is -2.13. The fraction of sp³-hybridized carbons (Fsp3) is 0.286. The van der Waals surface area contributed by atoms with Gasteiger partial charge >= 0.3 is 0 Å². The third kappa shape index (κ3) is 3.99. The number of aromatic nitrogens is 1. The summed E-state index contributed by atoms with van der Waals surface area (Å²) < 4.78 is 5.25. The highest BCUT2D eigenvalue weighted by Crippen LogP contribution is 2.18. The Labute approximate surface area is 127 Å². The van der Waals surface area contributed by atoms with Crippen LogP contribution in [0.25, 0.3) is 0 Å². The second kappa shape index (κ2) is 6.77. The summed E-state index contributed by atoms with van der Waals surface area (Å²) in [4.78, 5) is 15.9. The van der Waals surface area contributed by atoms with Crippen LogP contribution in [0.1, 0.15) is 29.5 Å². The van der Waals surface area contributed by atoms with Crippen LogP contribution in [0.15, 0.2) is 35.1 Å². The van der Waals surface area contributed by atoms with E-state index in [0.29, 0.717) is 5.56 Å². The lowest BCUT2D eigenvalue weighted by molar-refractivity contribution is 0.0938. The molecule has 0 radical (unpaired) electrons. The third-order valence-corrected chi connectivity index (χ3v) is 3.36. The number of carbonyl (C=O) groups is 1.